The van der Waals surface area contributed by atoms with E-state index in [1.807, 2.05) is 6.07 Å². The minimum absolute atomic E-state index is 0.315. The number of thiol groups is 1. The molecule has 13 heteroatoms. The Labute approximate surface area is 256 Å². The maximum absolute atomic E-state index is 15.5. The SMILES string of the molecule is CN1CCN(C2CCC(n3cc(-c4ccc(-c5c(Cl)cccc5Cl)c(F)c4)c4c(N)ncnc43)CC2)CC1.N[SH](=O)=O. The maximum atomic E-state index is 15.5. The number of nitrogens with zero attached hydrogens (tertiary/aromatic N) is 5. The van der Waals surface area contributed by atoms with Crippen LogP contribution in [0.4, 0.5) is 10.2 Å². The van der Waals surface area contributed by atoms with Gasteiger partial charge in [0.2, 0.25) is 0 Å². The lowest BCUT2D eigenvalue weighted by molar-refractivity contribution is 0.0828. The van der Waals surface area contributed by atoms with Crippen molar-refractivity contribution >= 4 is 50.9 Å². The number of halogens is 3. The Kier molecular flexibility index (Phi) is 9.66. The number of nitrogen functional groups attached to an aromatic ring is 1. The van der Waals surface area contributed by atoms with E-state index in [0.29, 0.717) is 44.6 Å². The largest absolute Gasteiger partial charge is 0.383 e. The minimum Gasteiger partial charge on any atom is -0.383 e. The molecule has 1 aliphatic carbocycles. The quantitative estimate of drug-likeness (QED) is 0.270. The summed E-state index contributed by atoms with van der Waals surface area (Å²) in [6, 6.07) is 11.2. The van der Waals surface area contributed by atoms with Crippen molar-refractivity contribution in [3.05, 3.63) is 64.8 Å². The molecule has 1 saturated heterocycles. The lowest BCUT2D eigenvalue weighted by Gasteiger charge is -2.41. The number of benzene rings is 2. The molecule has 2 aromatic heterocycles. The van der Waals surface area contributed by atoms with Crippen molar-refractivity contribution in [2.24, 2.45) is 5.14 Å². The van der Waals surface area contributed by atoms with Crippen molar-refractivity contribution in [1.29, 1.82) is 0 Å². The van der Waals surface area contributed by atoms with Crippen LogP contribution in [0.5, 0.6) is 0 Å². The topological polar surface area (TPSA) is 123 Å². The summed E-state index contributed by atoms with van der Waals surface area (Å²) in [6.45, 7) is 4.57. The molecule has 224 valence electrons. The monoisotopic (exact) mass is 633 g/mol. The molecule has 1 aliphatic heterocycles. The molecule has 42 heavy (non-hydrogen) atoms. The van der Waals surface area contributed by atoms with Gasteiger partial charge >= 0.3 is 0 Å². The van der Waals surface area contributed by atoms with Gasteiger partial charge in [0, 0.05) is 71.2 Å². The molecule has 0 bridgehead atoms. The fourth-order valence-corrected chi connectivity index (χ4v) is 6.74. The van der Waals surface area contributed by atoms with Crippen molar-refractivity contribution in [3.8, 4) is 22.3 Å². The molecule has 0 spiro atoms. The number of fused-ring (bicyclic) bond motifs is 1. The number of hydrogen-bond donors (Lipinski definition) is 3. The van der Waals surface area contributed by atoms with Gasteiger partial charge in [0.15, 0.2) is 10.9 Å². The Morgan fingerprint density at radius 2 is 1.55 bits per heavy atom. The molecule has 0 atom stereocenters. The van der Waals surface area contributed by atoms with Crippen LogP contribution in [-0.2, 0) is 10.9 Å². The van der Waals surface area contributed by atoms with Crippen molar-refractivity contribution in [2.45, 2.75) is 37.8 Å². The lowest BCUT2D eigenvalue weighted by atomic mass is 9.89. The van der Waals surface area contributed by atoms with Gasteiger partial charge < -0.3 is 15.2 Å². The summed E-state index contributed by atoms with van der Waals surface area (Å²) in [5, 5.41) is 5.64. The zero-order valence-corrected chi connectivity index (χ0v) is 25.6. The second-order valence-electron chi connectivity index (χ2n) is 10.8. The first-order valence-electron chi connectivity index (χ1n) is 13.8. The summed E-state index contributed by atoms with van der Waals surface area (Å²) >= 11 is 12.7. The first kappa shape index (κ1) is 30.7. The van der Waals surface area contributed by atoms with Crippen LogP contribution in [0.2, 0.25) is 10.0 Å². The molecule has 0 radical (unpaired) electrons. The third-order valence-electron chi connectivity index (χ3n) is 8.26. The van der Waals surface area contributed by atoms with Gasteiger partial charge in [-0.2, -0.15) is 0 Å². The fraction of sp³-hybridized carbons (Fsp3) is 0.379. The van der Waals surface area contributed by atoms with E-state index < -0.39 is 16.7 Å². The Morgan fingerprint density at radius 1 is 0.929 bits per heavy atom. The number of rotatable bonds is 4. The molecule has 2 fully saturated rings. The summed E-state index contributed by atoms with van der Waals surface area (Å²) in [4.78, 5) is 13.9. The van der Waals surface area contributed by atoms with Crippen molar-refractivity contribution in [1.82, 2.24) is 24.3 Å². The van der Waals surface area contributed by atoms with E-state index in [1.54, 1.807) is 24.3 Å². The lowest BCUT2D eigenvalue weighted by Crippen LogP contribution is -2.49. The van der Waals surface area contributed by atoms with Gasteiger partial charge in [-0.05, 0) is 56.5 Å². The van der Waals surface area contributed by atoms with Crippen LogP contribution < -0.4 is 10.9 Å². The number of aromatic nitrogens is 3. The normalized spacial score (nSPS) is 20.0. The van der Waals surface area contributed by atoms with E-state index in [1.165, 1.54) is 12.4 Å². The Balaban J connectivity index is 0.000000830. The van der Waals surface area contributed by atoms with Crippen LogP contribution in [0, 0.1) is 5.82 Å². The standard InChI is InChI=1S/C29H31Cl2FN6.H3NO2S/c1-36-11-13-37(14-12-36)19-6-8-20(9-7-19)38-16-22(27-28(33)34-17-35-29(27)38)18-5-10-21(25(32)15-18)26-23(30)3-2-4-24(26)31;1-4(2)3/h2-5,10,15-17,19-20H,6-9,11-14H2,1H3,(H2,33,34,35);4H,(H2,1,2,3). The van der Waals surface area contributed by atoms with E-state index in [0.717, 1.165) is 68.5 Å². The molecule has 1 saturated carbocycles. The molecular weight excluding hydrogens is 600 g/mol. The van der Waals surface area contributed by atoms with Crippen LogP contribution in [0.3, 0.4) is 0 Å². The van der Waals surface area contributed by atoms with Gasteiger partial charge in [-0.15, -0.1) is 0 Å². The number of nitrogens with two attached hydrogens (primary N) is 2. The zero-order chi connectivity index (χ0) is 30.0. The average Bonchev–Trinajstić information content (AvgIpc) is 3.35. The molecule has 9 nitrogen and oxygen atoms in total. The predicted molar refractivity (Wildman–Crippen MR) is 168 cm³/mol. The van der Waals surface area contributed by atoms with E-state index in [-0.39, 0.29) is 0 Å². The summed E-state index contributed by atoms with van der Waals surface area (Å²) in [5.41, 5.74) is 9.55. The minimum atomic E-state index is -2.62. The molecule has 6 rings (SSSR count). The Morgan fingerprint density at radius 3 is 2.17 bits per heavy atom. The predicted octanol–water partition coefficient (Wildman–Crippen LogP) is 5.00. The second-order valence-corrected chi connectivity index (χ2v) is 12.2. The summed E-state index contributed by atoms with van der Waals surface area (Å²) in [5.74, 6) is -0.00462. The Hall–Kier alpha value is -2.80. The van der Waals surface area contributed by atoms with E-state index >= 15 is 4.39 Å². The van der Waals surface area contributed by atoms with Gasteiger partial charge in [-0.25, -0.2) is 27.9 Å². The third-order valence-corrected chi connectivity index (χ3v) is 8.89. The van der Waals surface area contributed by atoms with Crippen molar-refractivity contribution in [2.75, 3.05) is 39.0 Å². The van der Waals surface area contributed by atoms with Gasteiger partial charge in [0.1, 0.15) is 23.6 Å². The molecule has 0 unspecified atom stereocenters. The van der Waals surface area contributed by atoms with Crippen LogP contribution in [-0.4, -0.2) is 72.0 Å². The molecule has 0 amide bonds. The number of piperazine rings is 1. The summed E-state index contributed by atoms with van der Waals surface area (Å²) in [6.07, 6.45) is 8.05. The second kappa shape index (κ2) is 13.2. The van der Waals surface area contributed by atoms with Crippen LogP contribution in [0.25, 0.3) is 33.3 Å². The summed E-state index contributed by atoms with van der Waals surface area (Å²) < 4.78 is 35.4. The number of hydrogen-bond acceptors (Lipinski definition) is 7. The Bertz CT molecular complexity index is 1620. The highest BCUT2D eigenvalue weighted by Gasteiger charge is 2.30. The molecule has 2 aromatic carbocycles. The first-order chi connectivity index (χ1) is 20.1. The van der Waals surface area contributed by atoms with Crippen molar-refractivity contribution in [3.63, 3.8) is 0 Å². The smallest absolute Gasteiger partial charge is 0.198 e. The molecule has 3 heterocycles. The average molecular weight is 635 g/mol. The summed E-state index contributed by atoms with van der Waals surface area (Å²) in [7, 11) is -0.424. The van der Waals surface area contributed by atoms with E-state index in [9.17, 15) is 0 Å². The van der Waals surface area contributed by atoms with Gasteiger partial charge in [-0.3, -0.25) is 4.90 Å². The highest BCUT2D eigenvalue weighted by atomic mass is 35.5. The van der Waals surface area contributed by atoms with E-state index in [4.69, 9.17) is 37.4 Å². The molecule has 4 N–H and O–H groups in total. The number of likely N-dealkylation sites (N-methyl/N-ethyl adjacent to an activating group) is 1. The highest BCUT2D eigenvalue weighted by Crippen LogP contribution is 2.41. The van der Waals surface area contributed by atoms with Crippen LogP contribution in [0.1, 0.15) is 31.7 Å². The van der Waals surface area contributed by atoms with Crippen LogP contribution >= 0.6 is 23.2 Å². The highest BCUT2D eigenvalue weighted by molar-refractivity contribution is 7.69. The fourth-order valence-electron chi connectivity index (χ4n) is 6.13. The first-order valence-corrected chi connectivity index (χ1v) is 15.8. The van der Waals surface area contributed by atoms with Gasteiger partial charge in [0.25, 0.3) is 0 Å². The maximum Gasteiger partial charge on any atom is 0.198 e. The zero-order valence-electron chi connectivity index (χ0n) is 23.2. The van der Waals surface area contributed by atoms with Crippen LogP contribution in [0.15, 0.2) is 48.9 Å². The molecule has 2 aliphatic rings. The third kappa shape index (κ3) is 6.56. The van der Waals surface area contributed by atoms with E-state index in [2.05, 4.69) is 42.7 Å². The van der Waals surface area contributed by atoms with Gasteiger partial charge in [-0.1, -0.05) is 41.4 Å². The number of anilines is 1. The molecule has 4 aromatic rings. The van der Waals surface area contributed by atoms with Crippen molar-refractivity contribution < 1.29 is 12.8 Å². The molecular formula is C29H34Cl2FN7O2S. The van der Waals surface area contributed by atoms with Gasteiger partial charge in [0.05, 0.1) is 5.39 Å².